The second-order valence-corrected chi connectivity index (χ2v) is 5.54. The molecule has 126 valence electrons. The SMILES string of the molecule is CCOc1ccc(C(C)(C)c2ccc(OCC)cc2)cc1.CO. The van der Waals surface area contributed by atoms with Crippen molar-refractivity contribution in [2.45, 2.75) is 33.1 Å². The summed E-state index contributed by atoms with van der Waals surface area (Å²) in [6.45, 7) is 9.86. The number of benzene rings is 2. The fourth-order valence-corrected chi connectivity index (χ4v) is 2.44. The second kappa shape index (κ2) is 9.21. The van der Waals surface area contributed by atoms with E-state index in [4.69, 9.17) is 14.6 Å². The van der Waals surface area contributed by atoms with Crippen LogP contribution in [0.1, 0.15) is 38.8 Å². The Balaban J connectivity index is 0.00000127. The van der Waals surface area contributed by atoms with Gasteiger partial charge in [0.15, 0.2) is 0 Å². The predicted molar refractivity (Wildman–Crippen MR) is 95.5 cm³/mol. The van der Waals surface area contributed by atoms with Crippen molar-refractivity contribution >= 4 is 0 Å². The van der Waals surface area contributed by atoms with Gasteiger partial charge in [-0.05, 0) is 49.2 Å². The Labute approximate surface area is 139 Å². The molecule has 23 heavy (non-hydrogen) atoms. The van der Waals surface area contributed by atoms with Crippen molar-refractivity contribution in [3.05, 3.63) is 59.7 Å². The zero-order chi connectivity index (χ0) is 17.3. The van der Waals surface area contributed by atoms with Crippen LogP contribution < -0.4 is 9.47 Å². The molecule has 0 unspecified atom stereocenters. The highest BCUT2D eigenvalue weighted by atomic mass is 16.5. The zero-order valence-corrected chi connectivity index (χ0v) is 14.8. The Morgan fingerprint density at radius 2 is 1.00 bits per heavy atom. The monoisotopic (exact) mass is 316 g/mol. The van der Waals surface area contributed by atoms with Crippen molar-refractivity contribution < 1.29 is 14.6 Å². The fourth-order valence-electron chi connectivity index (χ4n) is 2.44. The highest BCUT2D eigenvalue weighted by molar-refractivity contribution is 5.41. The van der Waals surface area contributed by atoms with Gasteiger partial charge in [-0.3, -0.25) is 0 Å². The molecule has 2 aromatic rings. The Morgan fingerprint density at radius 3 is 1.26 bits per heavy atom. The zero-order valence-electron chi connectivity index (χ0n) is 14.8. The minimum absolute atomic E-state index is 0.0461. The molecule has 0 saturated carbocycles. The van der Waals surface area contributed by atoms with Crippen LogP contribution in [0.2, 0.25) is 0 Å². The maximum Gasteiger partial charge on any atom is 0.119 e. The quantitative estimate of drug-likeness (QED) is 0.857. The molecule has 0 heterocycles. The number of hydrogen-bond acceptors (Lipinski definition) is 3. The summed E-state index contributed by atoms with van der Waals surface area (Å²) < 4.78 is 11.0. The third kappa shape index (κ3) is 5.00. The molecule has 1 N–H and O–H groups in total. The first kappa shape index (κ1) is 19.0. The van der Waals surface area contributed by atoms with E-state index in [9.17, 15) is 0 Å². The van der Waals surface area contributed by atoms with Crippen LogP contribution in [-0.2, 0) is 5.41 Å². The standard InChI is InChI=1S/C19H24O2.CH4O/c1-5-20-17-11-7-15(8-12-17)19(3,4)16-9-13-18(14-10-16)21-6-2;1-2/h7-14H,5-6H2,1-4H3;2H,1H3. The van der Waals surface area contributed by atoms with E-state index in [2.05, 4.69) is 38.1 Å². The molecule has 0 aliphatic heterocycles. The lowest BCUT2D eigenvalue weighted by molar-refractivity contribution is 0.340. The van der Waals surface area contributed by atoms with Crippen molar-refractivity contribution in [2.24, 2.45) is 0 Å². The minimum Gasteiger partial charge on any atom is -0.494 e. The molecule has 0 aliphatic rings. The number of aliphatic hydroxyl groups is 1. The van der Waals surface area contributed by atoms with Crippen LogP contribution in [0.4, 0.5) is 0 Å². The fraction of sp³-hybridized carbons (Fsp3) is 0.400. The molecule has 0 amide bonds. The molecule has 0 bridgehead atoms. The van der Waals surface area contributed by atoms with Gasteiger partial charge in [0.25, 0.3) is 0 Å². The summed E-state index contributed by atoms with van der Waals surface area (Å²) in [6, 6.07) is 16.7. The summed E-state index contributed by atoms with van der Waals surface area (Å²) in [4.78, 5) is 0. The first-order chi connectivity index (χ1) is 11.1. The van der Waals surface area contributed by atoms with Gasteiger partial charge < -0.3 is 14.6 Å². The first-order valence-corrected chi connectivity index (χ1v) is 7.99. The van der Waals surface area contributed by atoms with Crippen LogP contribution >= 0.6 is 0 Å². The van der Waals surface area contributed by atoms with Gasteiger partial charge >= 0.3 is 0 Å². The Kier molecular flexibility index (Phi) is 7.63. The van der Waals surface area contributed by atoms with E-state index in [1.807, 2.05) is 38.1 Å². The lowest BCUT2D eigenvalue weighted by Crippen LogP contribution is -2.18. The molecule has 2 rings (SSSR count). The van der Waals surface area contributed by atoms with E-state index in [1.54, 1.807) is 0 Å². The summed E-state index contributed by atoms with van der Waals surface area (Å²) >= 11 is 0. The van der Waals surface area contributed by atoms with Crippen LogP contribution in [0.3, 0.4) is 0 Å². The van der Waals surface area contributed by atoms with Crippen LogP contribution in [0.25, 0.3) is 0 Å². The van der Waals surface area contributed by atoms with Gasteiger partial charge in [0.1, 0.15) is 11.5 Å². The lowest BCUT2D eigenvalue weighted by Gasteiger charge is -2.26. The Hall–Kier alpha value is -2.00. The number of aliphatic hydroxyl groups excluding tert-OH is 1. The van der Waals surface area contributed by atoms with Gasteiger partial charge in [0, 0.05) is 12.5 Å². The molecule has 3 heteroatoms. The largest absolute Gasteiger partial charge is 0.494 e. The van der Waals surface area contributed by atoms with Crippen LogP contribution in [0.15, 0.2) is 48.5 Å². The maximum atomic E-state index is 7.00. The van der Waals surface area contributed by atoms with E-state index in [0.717, 1.165) is 18.6 Å². The average Bonchev–Trinajstić information content (AvgIpc) is 2.58. The van der Waals surface area contributed by atoms with Crippen molar-refractivity contribution in [1.29, 1.82) is 0 Å². The topological polar surface area (TPSA) is 38.7 Å². The van der Waals surface area contributed by atoms with Crippen molar-refractivity contribution in [1.82, 2.24) is 0 Å². The molecule has 0 atom stereocenters. The van der Waals surface area contributed by atoms with Gasteiger partial charge in [-0.1, -0.05) is 38.1 Å². The molecule has 2 aromatic carbocycles. The van der Waals surface area contributed by atoms with Gasteiger partial charge in [-0.25, -0.2) is 0 Å². The summed E-state index contributed by atoms with van der Waals surface area (Å²) in [6.07, 6.45) is 0. The van der Waals surface area contributed by atoms with Crippen LogP contribution in [0, 0.1) is 0 Å². The summed E-state index contributed by atoms with van der Waals surface area (Å²) in [5.41, 5.74) is 2.50. The van der Waals surface area contributed by atoms with Gasteiger partial charge in [-0.15, -0.1) is 0 Å². The predicted octanol–water partition coefficient (Wildman–Crippen LogP) is 4.42. The molecule has 0 radical (unpaired) electrons. The van der Waals surface area contributed by atoms with Crippen molar-refractivity contribution in [3.63, 3.8) is 0 Å². The molecule has 0 fully saturated rings. The van der Waals surface area contributed by atoms with Crippen molar-refractivity contribution in [3.8, 4) is 11.5 Å². The van der Waals surface area contributed by atoms with E-state index in [-0.39, 0.29) is 5.41 Å². The van der Waals surface area contributed by atoms with Crippen LogP contribution in [-0.4, -0.2) is 25.4 Å². The van der Waals surface area contributed by atoms with E-state index < -0.39 is 0 Å². The number of hydrogen-bond donors (Lipinski definition) is 1. The molecular formula is C20H28O3. The molecule has 0 aromatic heterocycles. The molecule has 3 nitrogen and oxygen atoms in total. The normalized spacial score (nSPS) is 10.5. The third-order valence-corrected chi connectivity index (χ3v) is 3.77. The van der Waals surface area contributed by atoms with E-state index in [1.165, 1.54) is 11.1 Å². The first-order valence-electron chi connectivity index (χ1n) is 7.99. The average molecular weight is 316 g/mol. The van der Waals surface area contributed by atoms with Crippen LogP contribution in [0.5, 0.6) is 11.5 Å². The smallest absolute Gasteiger partial charge is 0.119 e. The van der Waals surface area contributed by atoms with Gasteiger partial charge in [-0.2, -0.15) is 0 Å². The number of rotatable bonds is 6. The minimum atomic E-state index is -0.0461. The second-order valence-electron chi connectivity index (χ2n) is 5.54. The molecular weight excluding hydrogens is 288 g/mol. The third-order valence-electron chi connectivity index (χ3n) is 3.77. The van der Waals surface area contributed by atoms with Gasteiger partial charge in [0.2, 0.25) is 0 Å². The summed E-state index contributed by atoms with van der Waals surface area (Å²) in [5, 5.41) is 7.00. The number of ether oxygens (including phenoxy) is 2. The highest BCUT2D eigenvalue weighted by Gasteiger charge is 2.23. The highest BCUT2D eigenvalue weighted by Crippen LogP contribution is 2.33. The molecule has 0 spiro atoms. The Bertz CT molecular complexity index is 505. The molecule has 0 aliphatic carbocycles. The maximum absolute atomic E-state index is 7.00. The van der Waals surface area contributed by atoms with Crippen molar-refractivity contribution in [2.75, 3.05) is 20.3 Å². The van der Waals surface area contributed by atoms with Gasteiger partial charge in [0.05, 0.1) is 13.2 Å². The lowest BCUT2D eigenvalue weighted by atomic mass is 9.78. The summed E-state index contributed by atoms with van der Waals surface area (Å²) in [7, 11) is 1.00. The van der Waals surface area contributed by atoms with E-state index in [0.29, 0.717) is 13.2 Å². The van der Waals surface area contributed by atoms with E-state index >= 15 is 0 Å². The Morgan fingerprint density at radius 1 is 0.696 bits per heavy atom. The summed E-state index contributed by atoms with van der Waals surface area (Å²) in [5.74, 6) is 1.84. The molecule has 0 saturated heterocycles.